The topological polar surface area (TPSA) is 100 Å². The van der Waals surface area contributed by atoms with Gasteiger partial charge in [-0.15, -0.1) is 0 Å². The highest BCUT2D eigenvalue weighted by Crippen LogP contribution is 2.37. The van der Waals surface area contributed by atoms with E-state index in [9.17, 15) is 5.11 Å². The van der Waals surface area contributed by atoms with Crippen LogP contribution in [0.15, 0.2) is 71.7 Å². The van der Waals surface area contributed by atoms with Crippen LogP contribution in [0.4, 0.5) is 5.82 Å². The van der Waals surface area contributed by atoms with Gasteiger partial charge in [-0.25, -0.2) is 9.98 Å². The first-order valence-electron chi connectivity index (χ1n) is 13.6. The number of hydrogen-bond donors (Lipinski definition) is 1. The van der Waals surface area contributed by atoms with Gasteiger partial charge in [0, 0.05) is 17.7 Å². The molecule has 3 aliphatic rings. The molecule has 2 aromatic carbocycles. The van der Waals surface area contributed by atoms with E-state index >= 15 is 0 Å². The van der Waals surface area contributed by atoms with E-state index in [1.165, 1.54) is 0 Å². The van der Waals surface area contributed by atoms with Crippen molar-refractivity contribution in [1.29, 1.82) is 0 Å². The van der Waals surface area contributed by atoms with Crippen molar-refractivity contribution in [3.63, 3.8) is 0 Å². The molecule has 10 heteroatoms. The Balaban J connectivity index is 1.33. The number of pyridine rings is 1. The molecule has 206 valence electrons. The summed E-state index contributed by atoms with van der Waals surface area (Å²) >= 11 is 6.77. The summed E-state index contributed by atoms with van der Waals surface area (Å²) in [6.07, 6.45) is 0.657. The van der Waals surface area contributed by atoms with Crippen LogP contribution < -0.4 is 4.74 Å². The molecule has 3 saturated heterocycles. The van der Waals surface area contributed by atoms with Crippen LogP contribution >= 0.6 is 11.6 Å². The Morgan fingerprint density at radius 3 is 2.35 bits per heavy atom. The van der Waals surface area contributed by atoms with Crippen molar-refractivity contribution in [2.45, 2.75) is 49.9 Å². The zero-order chi connectivity index (χ0) is 27.1. The van der Waals surface area contributed by atoms with Gasteiger partial charge in [-0.2, -0.15) is 4.98 Å². The molecule has 5 atom stereocenters. The summed E-state index contributed by atoms with van der Waals surface area (Å²) in [6, 6.07) is 22.1. The average molecular weight is 561 g/mol. The number of benzene rings is 2. The van der Waals surface area contributed by atoms with Crippen LogP contribution in [-0.4, -0.2) is 69.6 Å². The Labute approximate surface area is 236 Å². The third kappa shape index (κ3) is 4.78. The van der Waals surface area contributed by atoms with Crippen LogP contribution in [0, 0.1) is 0 Å². The normalized spacial score (nSPS) is 26.1. The number of imidazole rings is 1. The third-order valence-electron chi connectivity index (χ3n) is 7.56. The molecule has 0 amide bonds. The molecule has 4 aromatic rings. The van der Waals surface area contributed by atoms with Gasteiger partial charge in [0.05, 0.1) is 23.9 Å². The first-order chi connectivity index (χ1) is 19.7. The van der Waals surface area contributed by atoms with Crippen LogP contribution in [-0.2, 0) is 14.2 Å². The smallest absolute Gasteiger partial charge is 0.301 e. The standard InChI is InChI=1S/C30H29ClN4O5/c31-20-15-21-29(34-28(20)33-25(18-9-3-1-4-10-18)19-11-5-2-6-12-19)35(24-13-7-8-14-37-24)30(32-21)40-23-17-39-26-22(36)16-38-27(23)26/h1-6,9-12,15,22-24,26-27,36H,7-8,13-14,16-17H2/t22-,23-,24?,26-,27-/m1/s1. The summed E-state index contributed by atoms with van der Waals surface area (Å²) in [4.78, 5) is 14.7. The zero-order valence-corrected chi connectivity index (χ0v) is 22.5. The van der Waals surface area contributed by atoms with Crippen molar-refractivity contribution in [3.8, 4) is 6.01 Å². The molecule has 0 radical (unpaired) electrons. The molecule has 2 aromatic heterocycles. The van der Waals surface area contributed by atoms with Crippen molar-refractivity contribution in [1.82, 2.24) is 14.5 Å². The maximum absolute atomic E-state index is 10.2. The van der Waals surface area contributed by atoms with E-state index in [-0.39, 0.29) is 18.9 Å². The average Bonchev–Trinajstić information content (AvgIpc) is 3.67. The second kappa shape index (κ2) is 10.9. The van der Waals surface area contributed by atoms with Gasteiger partial charge in [-0.3, -0.25) is 4.57 Å². The van der Waals surface area contributed by atoms with Gasteiger partial charge >= 0.3 is 6.01 Å². The Morgan fingerprint density at radius 2 is 1.65 bits per heavy atom. The summed E-state index contributed by atoms with van der Waals surface area (Å²) in [5, 5.41) is 10.5. The van der Waals surface area contributed by atoms with E-state index < -0.39 is 18.3 Å². The quantitative estimate of drug-likeness (QED) is 0.336. The molecule has 5 heterocycles. The maximum atomic E-state index is 10.2. The molecule has 1 unspecified atom stereocenters. The van der Waals surface area contributed by atoms with Crippen molar-refractivity contribution in [3.05, 3.63) is 82.9 Å². The van der Waals surface area contributed by atoms with Gasteiger partial charge in [0.15, 0.2) is 17.6 Å². The number of hydrogen-bond acceptors (Lipinski definition) is 8. The molecule has 7 rings (SSSR count). The molecule has 0 bridgehead atoms. The number of aromatic nitrogens is 3. The van der Waals surface area contributed by atoms with Crippen molar-refractivity contribution >= 4 is 34.3 Å². The molecule has 0 spiro atoms. The predicted octanol–water partition coefficient (Wildman–Crippen LogP) is 4.86. The van der Waals surface area contributed by atoms with E-state index in [1.807, 2.05) is 65.2 Å². The van der Waals surface area contributed by atoms with Gasteiger partial charge < -0.3 is 24.1 Å². The number of rotatable bonds is 6. The monoisotopic (exact) mass is 560 g/mol. The van der Waals surface area contributed by atoms with Crippen LogP contribution in [0.2, 0.25) is 5.02 Å². The van der Waals surface area contributed by atoms with E-state index in [4.69, 9.17) is 45.5 Å². The number of halogens is 1. The molecule has 1 N–H and O–H groups in total. The summed E-state index contributed by atoms with van der Waals surface area (Å²) in [5.41, 5.74) is 3.83. The minimum absolute atomic E-state index is 0.223. The maximum Gasteiger partial charge on any atom is 0.301 e. The molecule has 3 aliphatic heterocycles. The Morgan fingerprint density at radius 1 is 0.925 bits per heavy atom. The number of aliphatic imine (C=N–C) groups is 1. The van der Waals surface area contributed by atoms with Crippen LogP contribution in [0.1, 0.15) is 36.6 Å². The van der Waals surface area contributed by atoms with Crippen LogP contribution in [0.5, 0.6) is 6.01 Å². The van der Waals surface area contributed by atoms with Gasteiger partial charge in [-0.05, 0) is 25.3 Å². The van der Waals surface area contributed by atoms with Crippen molar-refractivity contribution in [2.24, 2.45) is 4.99 Å². The van der Waals surface area contributed by atoms with Crippen molar-refractivity contribution < 1.29 is 24.1 Å². The number of aliphatic hydroxyl groups excluding tert-OH is 1. The number of ether oxygens (including phenoxy) is 4. The zero-order valence-electron chi connectivity index (χ0n) is 21.7. The lowest BCUT2D eigenvalue weighted by atomic mass is 10.0. The van der Waals surface area contributed by atoms with Gasteiger partial charge in [0.25, 0.3) is 0 Å². The summed E-state index contributed by atoms with van der Waals surface area (Å²) < 4.78 is 26.0. The SMILES string of the molecule is O[C@@H]1CO[C@H]2[C@@H]1OC[C@H]2Oc1nc2cc(Cl)c(N=C(c3ccccc3)c3ccccc3)nc2n1C1CCCCO1. The predicted molar refractivity (Wildman–Crippen MR) is 149 cm³/mol. The molecular weight excluding hydrogens is 532 g/mol. The minimum atomic E-state index is -0.664. The number of fused-ring (bicyclic) bond motifs is 2. The minimum Gasteiger partial charge on any atom is -0.456 e. The highest BCUT2D eigenvalue weighted by Gasteiger charge is 2.49. The van der Waals surface area contributed by atoms with Crippen LogP contribution in [0.25, 0.3) is 11.2 Å². The molecular formula is C30H29ClN4O5. The van der Waals surface area contributed by atoms with Crippen LogP contribution in [0.3, 0.4) is 0 Å². The second-order valence-corrected chi connectivity index (χ2v) is 10.6. The first kappa shape index (κ1) is 25.6. The van der Waals surface area contributed by atoms with E-state index in [0.29, 0.717) is 41.2 Å². The Kier molecular flexibility index (Phi) is 6.99. The van der Waals surface area contributed by atoms with Gasteiger partial charge in [0.2, 0.25) is 0 Å². The van der Waals surface area contributed by atoms with E-state index in [2.05, 4.69) is 0 Å². The molecule has 0 aliphatic carbocycles. The highest BCUT2D eigenvalue weighted by atomic mass is 35.5. The molecule has 3 fully saturated rings. The molecule has 0 saturated carbocycles. The fourth-order valence-corrected chi connectivity index (χ4v) is 5.78. The number of aliphatic hydroxyl groups is 1. The highest BCUT2D eigenvalue weighted by molar-refractivity contribution is 6.33. The fraction of sp³-hybridized carbons (Fsp3) is 0.367. The lowest BCUT2D eigenvalue weighted by Crippen LogP contribution is -2.35. The summed E-state index contributed by atoms with van der Waals surface area (Å²) in [7, 11) is 0. The van der Waals surface area contributed by atoms with E-state index in [0.717, 1.165) is 36.1 Å². The lowest BCUT2D eigenvalue weighted by molar-refractivity contribution is -0.0407. The van der Waals surface area contributed by atoms with Gasteiger partial charge in [-0.1, -0.05) is 72.3 Å². The van der Waals surface area contributed by atoms with Crippen molar-refractivity contribution in [2.75, 3.05) is 19.8 Å². The summed E-state index contributed by atoms with van der Waals surface area (Å²) in [5.74, 6) is 0.381. The second-order valence-electron chi connectivity index (χ2n) is 10.2. The Bertz CT molecular complexity index is 1480. The van der Waals surface area contributed by atoms with E-state index in [1.54, 1.807) is 6.07 Å². The molecule has 40 heavy (non-hydrogen) atoms. The number of nitrogens with zero attached hydrogens (tertiary/aromatic N) is 4. The fourth-order valence-electron chi connectivity index (χ4n) is 5.59. The lowest BCUT2D eigenvalue weighted by Gasteiger charge is -2.26. The van der Waals surface area contributed by atoms with Gasteiger partial charge in [0.1, 0.15) is 30.1 Å². The Hall–Kier alpha value is -3.34. The third-order valence-corrected chi connectivity index (χ3v) is 7.84. The summed E-state index contributed by atoms with van der Waals surface area (Å²) in [6.45, 7) is 1.16. The molecule has 9 nitrogen and oxygen atoms in total. The first-order valence-corrected chi connectivity index (χ1v) is 14.0. The largest absolute Gasteiger partial charge is 0.456 e.